The van der Waals surface area contributed by atoms with Crippen molar-refractivity contribution in [2.24, 2.45) is 0 Å². The second kappa shape index (κ2) is 6.19. The minimum Gasteiger partial charge on any atom is -0.394 e. The van der Waals surface area contributed by atoms with Crippen LogP contribution in [0.25, 0.3) is 0 Å². The Morgan fingerprint density at radius 3 is 2.05 bits per heavy atom. The van der Waals surface area contributed by atoms with E-state index < -0.39 is 5.54 Å². The molecule has 0 radical (unpaired) electrons. The van der Waals surface area contributed by atoms with Gasteiger partial charge in [0.15, 0.2) is 0 Å². The van der Waals surface area contributed by atoms with Gasteiger partial charge in [0.1, 0.15) is 0 Å². The highest BCUT2D eigenvalue weighted by atomic mass is 16.3. The van der Waals surface area contributed by atoms with Crippen LogP contribution in [0.4, 0.5) is 11.4 Å². The van der Waals surface area contributed by atoms with E-state index >= 15 is 0 Å². The first kappa shape index (κ1) is 15.4. The lowest BCUT2D eigenvalue weighted by Crippen LogP contribution is -2.35. The Hall–Kier alpha value is -2.00. The van der Waals surface area contributed by atoms with Crippen molar-refractivity contribution in [1.29, 1.82) is 0 Å². The second-order valence-corrected chi connectivity index (χ2v) is 5.92. The Balaban J connectivity index is 2.25. The van der Waals surface area contributed by atoms with E-state index in [2.05, 4.69) is 53.5 Å². The molecule has 2 aromatic carbocycles. The molecule has 1 atom stereocenters. The van der Waals surface area contributed by atoms with E-state index in [-0.39, 0.29) is 6.61 Å². The smallest absolute Gasteiger partial charge is 0.0828 e. The molecule has 1 unspecified atom stereocenters. The molecule has 3 heteroatoms. The van der Waals surface area contributed by atoms with Crippen molar-refractivity contribution < 1.29 is 5.11 Å². The average Bonchev–Trinajstić information content (AvgIpc) is 2.49. The lowest BCUT2D eigenvalue weighted by Gasteiger charge is -2.31. The highest BCUT2D eigenvalue weighted by Crippen LogP contribution is 2.27. The van der Waals surface area contributed by atoms with Gasteiger partial charge in [0.25, 0.3) is 0 Å². The Kier molecular flexibility index (Phi) is 4.53. The summed E-state index contributed by atoms with van der Waals surface area (Å²) in [5.41, 5.74) is 3.95. The molecule has 3 nitrogen and oxygen atoms in total. The van der Waals surface area contributed by atoms with Gasteiger partial charge in [-0.15, -0.1) is 0 Å². The molecule has 112 valence electrons. The summed E-state index contributed by atoms with van der Waals surface area (Å²) in [5.74, 6) is 0. The van der Waals surface area contributed by atoms with Crippen LogP contribution < -0.4 is 10.2 Å². The molecule has 0 fully saturated rings. The predicted molar refractivity (Wildman–Crippen MR) is 90.0 cm³/mol. The number of aliphatic hydroxyl groups is 1. The Labute approximate surface area is 127 Å². The van der Waals surface area contributed by atoms with Crippen molar-refractivity contribution in [3.8, 4) is 0 Å². The Morgan fingerprint density at radius 2 is 1.57 bits per heavy atom. The number of rotatable bonds is 5. The summed E-state index contributed by atoms with van der Waals surface area (Å²) in [6.07, 6.45) is 0. The predicted octanol–water partition coefficient (Wildman–Crippen LogP) is 3.38. The minimum absolute atomic E-state index is 0.0299. The molecule has 2 rings (SSSR count). The van der Waals surface area contributed by atoms with Crippen LogP contribution in [0.2, 0.25) is 0 Å². The highest BCUT2D eigenvalue weighted by molar-refractivity contribution is 5.52. The molecule has 0 aliphatic carbocycles. The van der Waals surface area contributed by atoms with Gasteiger partial charge in [-0.2, -0.15) is 0 Å². The third-order valence-electron chi connectivity index (χ3n) is 3.81. The summed E-state index contributed by atoms with van der Waals surface area (Å²) in [5, 5.41) is 13.3. The fraction of sp³-hybridized carbons (Fsp3) is 0.333. The summed E-state index contributed by atoms with van der Waals surface area (Å²) in [4.78, 5) is 2.06. The van der Waals surface area contributed by atoms with Crippen molar-refractivity contribution in [2.75, 3.05) is 30.9 Å². The first-order valence-corrected chi connectivity index (χ1v) is 7.18. The van der Waals surface area contributed by atoms with Crippen molar-refractivity contribution in [3.63, 3.8) is 0 Å². The number of benzene rings is 2. The van der Waals surface area contributed by atoms with Crippen LogP contribution >= 0.6 is 0 Å². The van der Waals surface area contributed by atoms with E-state index in [0.29, 0.717) is 0 Å². The maximum absolute atomic E-state index is 9.86. The molecule has 0 aliphatic rings. The zero-order valence-electron chi connectivity index (χ0n) is 13.2. The first-order valence-electron chi connectivity index (χ1n) is 7.18. The van der Waals surface area contributed by atoms with E-state index in [9.17, 15) is 5.11 Å². The van der Waals surface area contributed by atoms with Gasteiger partial charge in [0, 0.05) is 25.5 Å². The van der Waals surface area contributed by atoms with Gasteiger partial charge in [-0.05, 0) is 43.7 Å². The minimum atomic E-state index is -0.500. The van der Waals surface area contributed by atoms with Gasteiger partial charge in [-0.25, -0.2) is 0 Å². The Morgan fingerprint density at radius 1 is 1.00 bits per heavy atom. The number of aryl methyl sites for hydroxylation is 1. The number of aliphatic hydroxyl groups excluding tert-OH is 1. The van der Waals surface area contributed by atoms with E-state index in [0.717, 1.165) is 16.9 Å². The summed E-state index contributed by atoms with van der Waals surface area (Å²) in [6, 6.07) is 16.5. The number of anilines is 2. The second-order valence-electron chi connectivity index (χ2n) is 5.92. The zero-order valence-corrected chi connectivity index (χ0v) is 13.2. The van der Waals surface area contributed by atoms with Gasteiger partial charge in [-0.3, -0.25) is 0 Å². The van der Waals surface area contributed by atoms with Crippen molar-refractivity contribution in [1.82, 2.24) is 0 Å². The summed E-state index contributed by atoms with van der Waals surface area (Å²) in [6.45, 7) is 4.11. The molecule has 0 saturated carbocycles. The van der Waals surface area contributed by atoms with Crippen LogP contribution in [-0.4, -0.2) is 25.8 Å². The monoisotopic (exact) mass is 284 g/mol. The van der Waals surface area contributed by atoms with Gasteiger partial charge < -0.3 is 15.3 Å². The topological polar surface area (TPSA) is 35.5 Å². The number of hydrogen-bond donors (Lipinski definition) is 2. The van der Waals surface area contributed by atoms with Crippen LogP contribution in [-0.2, 0) is 5.54 Å². The molecule has 0 saturated heterocycles. The summed E-state index contributed by atoms with van der Waals surface area (Å²) in [7, 11) is 4.04. The van der Waals surface area contributed by atoms with Gasteiger partial charge in [0.05, 0.1) is 12.1 Å². The highest BCUT2D eigenvalue weighted by Gasteiger charge is 2.25. The van der Waals surface area contributed by atoms with Crippen molar-refractivity contribution >= 4 is 11.4 Å². The third-order valence-corrected chi connectivity index (χ3v) is 3.81. The number of hydrogen-bond acceptors (Lipinski definition) is 3. The van der Waals surface area contributed by atoms with Gasteiger partial charge >= 0.3 is 0 Å². The molecule has 0 heterocycles. The quantitative estimate of drug-likeness (QED) is 0.883. The largest absolute Gasteiger partial charge is 0.394 e. The molecular formula is C18H24N2O. The van der Waals surface area contributed by atoms with Gasteiger partial charge in [-0.1, -0.05) is 29.8 Å². The maximum atomic E-state index is 9.86. The molecule has 21 heavy (non-hydrogen) atoms. The fourth-order valence-electron chi connectivity index (χ4n) is 2.29. The molecule has 0 aliphatic heterocycles. The van der Waals surface area contributed by atoms with Crippen LogP contribution in [0.5, 0.6) is 0 Å². The molecule has 2 aromatic rings. The van der Waals surface area contributed by atoms with Gasteiger partial charge in [0.2, 0.25) is 0 Å². The normalized spacial score (nSPS) is 13.6. The molecule has 2 N–H and O–H groups in total. The van der Waals surface area contributed by atoms with Crippen LogP contribution in [0.15, 0.2) is 48.5 Å². The Bertz CT molecular complexity index is 575. The average molecular weight is 284 g/mol. The van der Waals surface area contributed by atoms with E-state index in [4.69, 9.17) is 0 Å². The lowest BCUT2D eigenvalue weighted by molar-refractivity contribution is 0.224. The number of nitrogens with zero attached hydrogens (tertiary/aromatic N) is 1. The summed E-state index contributed by atoms with van der Waals surface area (Å²) >= 11 is 0. The van der Waals surface area contributed by atoms with E-state index in [1.165, 1.54) is 5.56 Å². The van der Waals surface area contributed by atoms with Crippen LogP contribution in [0, 0.1) is 6.92 Å². The lowest BCUT2D eigenvalue weighted by atomic mass is 9.92. The molecule has 0 aromatic heterocycles. The fourth-order valence-corrected chi connectivity index (χ4v) is 2.29. The number of nitrogens with one attached hydrogen (secondary N) is 1. The van der Waals surface area contributed by atoms with E-state index in [1.807, 2.05) is 33.2 Å². The summed E-state index contributed by atoms with van der Waals surface area (Å²) < 4.78 is 0. The standard InChI is InChI=1S/C18H24N2O/c1-14-5-9-16(10-6-14)19-18(2,13-21)15-7-11-17(12-8-15)20(3)4/h5-12,19,21H,13H2,1-4H3. The zero-order chi connectivity index (χ0) is 15.5. The molecular weight excluding hydrogens is 260 g/mol. The molecule has 0 bridgehead atoms. The van der Waals surface area contributed by atoms with Crippen LogP contribution in [0.1, 0.15) is 18.1 Å². The van der Waals surface area contributed by atoms with Crippen molar-refractivity contribution in [3.05, 3.63) is 59.7 Å². The SMILES string of the molecule is Cc1ccc(NC(C)(CO)c2ccc(N(C)C)cc2)cc1. The maximum Gasteiger partial charge on any atom is 0.0828 e. The third kappa shape index (κ3) is 3.56. The van der Waals surface area contributed by atoms with E-state index in [1.54, 1.807) is 0 Å². The molecule has 0 spiro atoms. The van der Waals surface area contributed by atoms with Crippen molar-refractivity contribution in [2.45, 2.75) is 19.4 Å². The van der Waals surface area contributed by atoms with Crippen LogP contribution in [0.3, 0.4) is 0 Å². The first-order chi connectivity index (χ1) is 9.94. The molecule has 0 amide bonds.